The average Bonchev–Trinajstić information content (AvgIpc) is 0.815. The first-order valence-electron chi connectivity index (χ1n) is 42.0. The summed E-state index contributed by atoms with van der Waals surface area (Å²) in [5.74, 6) is -21.3. The molecule has 1 aliphatic heterocycles. The molecule has 1 aliphatic rings. The fourth-order valence-corrected chi connectivity index (χ4v) is 12.8. The molecule has 47 heteroatoms. The van der Waals surface area contributed by atoms with E-state index in [1.165, 1.54) is 26.1 Å². The molecule has 1 heterocycles. The molecule has 47 nitrogen and oxygen atoms in total. The molecule has 29 N–H and O–H groups in total. The number of phenols is 1. The van der Waals surface area contributed by atoms with Crippen LogP contribution in [0, 0.1) is 17.8 Å². The van der Waals surface area contributed by atoms with Gasteiger partial charge in [-0.2, -0.15) is 0 Å². The van der Waals surface area contributed by atoms with Gasteiger partial charge in [-0.1, -0.05) is 84.0 Å². The summed E-state index contributed by atoms with van der Waals surface area (Å²) in [6.45, 7) is 10.9. The second kappa shape index (κ2) is 54.9. The fourth-order valence-electron chi connectivity index (χ4n) is 12.8. The lowest BCUT2D eigenvalue weighted by Crippen LogP contribution is -2.63. The van der Waals surface area contributed by atoms with Crippen molar-refractivity contribution >= 4 is 112 Å². The van der Waals surface area contributed by atoms with Crippen molar-refractivity contribution in [1.82, 2.24) is 79.3 Å². The van der Waals surface area contributed by atoms with Crippen molar-refractivity contribution in [3.05, 3.63) is 65.7 Å². The molecule has 2 aromatic rings. The average molecular weight is 1830 g/mol. The largest absolute Gasteiger partial charge is 0.508 e. The molecule has 0 unspecified atom stereocenters. The summed E-state index contributed by atoms with van der Waals surface area (Å²) >= 11 is 0. The Hall–Kier alpha value is -12.2. The smallest absolute Gasteiger partial charge is 0.303 e. The second-order valence-electron chi connectivity index (χ2n) is 33.1. The normalized spacial score (nSPS) is 17.7. The van der Waals surface area contributed by atoms with Crippen molar-refractivity contribution in [2.24, 2.45) is 40.7 Å². The number of carbonyl (C=O) groups excluding carboxylic acids is 17. The number of benzene rings is 2. The highest BCUT2D eigenvalue weighted by atomic mass is 16.7. The van der Waals surface area contributed by atoms with Crippen LogP contribution in [0.3, 0.4) is 0 Å². The first-order chi connectivity index (χ1) is 60.4. The zero-order valence-electron chi connectivity index (χ0n) is 74.1. The van der Waals surface area contributed by atoms with Crippen LogP contribution in [-0.4, -0.2) is 308 Å². The number of nitrogens with zero attached hydrogens (tertiary/aromatic N) is 1. The van der Waals surface area contributed by atoms with Crippen LogP contribution in [0.4, 0.5) is 0 Å². The number of carboxylic acids is 2. The van der Waals surface area contributed by atoms with Gasteiger partial charge in [0, 0.05) is 26.3 Å². The van der Waals surface area contributed by atoms with Gasteiger partial charge in [0.1, 0.15) is 102 Å². The summed E-state index contributed by atoms with van der Waals surface area (Å²) in [6, 6.07) is -4.11. The highest BCUT2D eigenvalue weighted by Gasteiger charge is 2.46. The topological polar surface area (TPSA) is 760 Å². The molecule has 0 bridgehead atoms. The van der Waals surface area contributed by atoms with Gasteiger partial charge in [0.05, 0.1) is 45.3 Å². The van der Waals surface area contributed by atoms with Gasteiger partial charge in [0.2, 0.25) is 100 Å². The third-order valence-electron chi connectivity index (χ3n) is 20.1. The Labute approximate surface area is 745 Å². The van der Waals surface area contributed by atoms with E-state index in [-0.39, 0.29) is 69.1 Å². The minimum Gasteiger partial charge on any atom is -0.508 e. The number of nitrogens with one attached hydrogen (secondary N) is 14. The number of nitrogens with two attached hydrogens (primary N) is 4. The number of rotatable bonds is 57. The van der Waals surface area contributed by atoms with E-state index in [9.17, 15) is 127 Å². The molecule has 17 amide bonds. The number of amides is 17. The molecular formula is C82H129N19O28. The van der Waals surface area contributed by atoms with Crippen LogP contribution in [0.5, 0.6) is 5.75 Å². The molecule has 2 aromatic carbocycles. The number of aliphatic carboxylic acids is 2. The molecule has 720 valence electrons. The van der Waals surface area contributed by atoms with Gasteiger partial charge in [-0.3, -0.25) is 91.1 Å². The Morgan fingerprint density at radius 1 is 0.481 bits per heavy atom. The number of carboxylic acid groups (broad SMARTS) is 2. The van der Waals surface area contributed by atoms with Crippen LogP contribution < -0.4 is 97.4 Å². The summed E-state index contributed by atoms with van der Waals surface area (Å²) in [4.78, 5) is 257. The van der Waals surface area contributed by atoms with E-state index in [1.807, 2.05) is 0 Å². The zero-order valence-corrected chi connectivity index (χ0v) is 74.1. The molecule has 0 radical (unpaired) electrons. The van der Waals surface area contributed by atoms with Crippen molar-refractivity contribution in [2.45, 2.75) is 261 Å². The Morgan fingerprint density at radius 3 is 1.48 bits per heavy atom. The maximum atomic E-state index is 14.4. The SMILES string of the molecule is CC(C)C[C@H](NC(=O)[C@H](CO[C@@H]1O[C@H](CO)[C@@H](O)[C@H](O)[C@H]1O)NC(=O)[C@H](CCCCN)NC(=O)[C@H](CC(C)C)NC(=O)[C@H](C)NC(=O)[C@H](CCC(=O)O)NC(=O)[C@H](CCC(=O)O)NC(=O)C(C)(C)NC(=O)[C@H](CC(C)C)NC(=O)[C@H](CC(N)=O)NC(=O)CNC(=O)CNC(=O)[C@H](Cc1ccccc1)N(C)C(=O)CNC(=O)[C@@H](C)NC(=O)[C@@H](N)Cc1ccc(O)cc1)C(N)=O. The van der Waals surface area contributed by atoms with Gasteiger partial charge in [-0.15, -0.1) is 0 Å². The molecule has 0 saturated carbocycles. The fraction of sp³-hybridized carbons (Fsp3) is 0.622. The van der Waals surface area contributed by atoms with Crippen molar-refractivity contribution < 1.29 is 136 Å². The van der Waals surface area contributed by atoms with Crippen LogP contribution >= 0.6 is 0 Å². The quantitative estimate of drug-likeness (QED) is 0.0274. The first-order valence-corrected chi connectivity index (χ1v) is 42.0. The molecule has 1 fully saturated rings. The lowest BCUT2D eigenvalue weighted by Gasteiger charge is -2.40. The highest BCUT2D eigenvalue weighted by molar-refractivity contribution is 6.01. The lowest BCUT2D eigenvalue weighted by molar-refractivity contribution is -0.301. The van der Waals surface area contributed by atoms with Gasteiger partial charge in [-0.25, -0.2) is 0 Å². The summed E-state index contributed by atoms with van der Waals surface area (Å²) in [7, 11) is 1.27. The van der Waals surface area contributed by atoms with Crippen molar-refractivity contribution in [3.63, 3.8) is 0 Å². The van der Waals surface area contributed by atoms with E-state index in [1.54, 1.807) is 84.0 Å². The zero-order chi connectivity index (χ0) is 97.4. The van der Waals surface area contributed by atoms with Crippen LogP contribution in [0.1, 0.15) is 151 Å². The Morgan fingerprint density at radius 2 is 0.938 bits per heavy atom. The number of unbranched alkanes of at least 4 members (excludes halogenated alkanes) is 1. The standard InChI is InChI=1S/C82H129N19O28/c1-40(2)29-52(68(86)115)95-77(124)56(39-128-80-67(114)66(113)65(112)58(38-102)129-80)98-73(120)49(19-15-16-28-83)93-75(122)53(30-41(3)4)96-70(117)44(8)91-72(119)50(24-26-63(108)109)94-74(121)51(25-27-64(110)111)99-81(127)82(9,10)100-78(125)54(31-42(5)6)97-76(123)55(34-59(85)104)92-61(106)36-87-60(105)35-88-79(126)57(33-45-17-13-12-14-18-45)101(11)62(107)37-89-69(116)43(7)90-71(118)48(84)32-46-20-22-47(103)23-21-46/h12-14,17-18,20-23,40-44,48-58,65-67,80,102-103,112-114H,15-16,19,24-39,83-84H2,1-11H3,(H2,85,104)(H2,86,115)(H,87,105)(H,88,126)(H,89,116)(H,90,118)(H,91,119)(H,92,106)(H,93,122)(H,94,121)(H,95,124)(H,96,117)(H,97,123)(H,98,120)(H,99,127)(H,100,125)(H,108,109)(H,110,111)/t43-,44+,48+,49+,50+,51+,52+,53+,54+,55+,56+,57+,58-,65-,66+,67-,80-/m1/s1. The second-order valence-corrected chi connectivity index (χ2v) is 33.1. The molecule has 0 spiro atoms. The molecule has 0 aromatic heterocycles. The lowest BCUT2D eigenvalue weighted by atomic mass is 9.98. The molecule has 129 heavy (non-hydrogen) atoms. The van der Waals surface area contributed by atoms with Crippen LogP contribution in [0.15, 0.2) is 54.6 Å². The first kappa shape index (κ1) is 111. The predicted octanol–water partition coefficient (Wildman–Crippen LogP) is -8.36. The summed E-state index contributed by atoms with van der Waals surface area (Å²) in [5, 5.41) is 104. The van der Waals surface area contributed by atoms with Gasteiger partial charge in [0.25, 0.3) is 0 Å². The molecular weight excluding hydrogens is 1700 g/mol. The summed E-state index contributed by atoms with van der Waals surface area (Å²) in [5.41, 5.74) is 22.0. The number of aliphatic hydroxyl groups excluding tert-OH is 4. The van der Waals surface area contributed by atoms with E-state index in [4.69, 9.17) is 32.4 Å². The number of hydrogen-bond donors (Lipinski definition) is 25. The number of phenolic OH excluding ortho intramolecular Hbond substituents is 1. The van der Waals surface area contributed by atoms with E-state index in [0.717, 1.165) is 25.7 Å². The maximum Gasteiger partial charge on any atom is 0.303 e. The number of primary amides is 2. The minimum atomic E-state index is -2.10. The summed E-state index contributed by atoms with van der Waals surface area (Å²) in [6.07, 6.45) is -12.8. The highest BCUT2D eigenvalue weighted by Crippen LogP contribution is 2.23. The number of likely N-dealkylation sites (N-methyl/N-ethyl adjacent to an activating group) is 1. The van der Waals surface area contributed by atoms with Crippen molar-refractivity contribution in [3.8, 4) is 5.75 Å². The number of hydrogen-bond acceptors (Lipinski definition) is 28. The third-order valence-corrected chi connectivity index (χ3v) is 20.1. The molecule has 17 atom stereocenters. The number of aromatic hydroxyl groups is 1. The Kier molecular flexibility index (Phi) is 47.2. The number of ether oxygens (including phenoxy) is 2. The van der Waals surface area contributed by atoms with Gasteiger partial charge >= 0.3 is 11.9 Å². The van der Waals surface area contributed by atoms with E-state index in [0.29, 0.717) is 17.5 Å². The third kappa shape index (κ3) is 40.0. The van der Waals surface area contributed by atoms with E-state index < -0.39 is 292 Å². The van der Waals surface area contributed by atoms with Gasteiger partial charge in [0.15, 0.2) is 6.29 Å². The van der Waals surface area contributed by atoms with Crippen LogP contribution in [0.25, 0.3) is 0 Å². The monoisotopic (exact) mass is 1830 g/mol. The predicted molar refractivity (Wildman–Crippen MR) is 456 cm³/mol. The van der Waals surface area contributed by atoms with E-state index >= 15 is 0 Å². The Balaban J connectivity index is 1.77. The van der Waals surface area contributed by atoms with Crippen molar-refractivity contribution in [2.75, 3.05) is 46.4 Å². The minimum absolute atomic E-state index is 0.0101. The number of carbonyl (C=O) groups is 19. The molecule has 0 aliphatic carbocycles. The van der Waals surface area contributed by atoms with Crippen LogP contribution in [0.2, 0.25) is 0 Å². The van der Waals surface area contributed by atoms with Gasteiger partial charge < -0.3 is 147 Å². The van der Waals surface area contributed by atoms with Crippen molar-refractivity contribution in [1.29, 1.82) is 0 Å². The maximum absolute atomic E-state index is 14.4. The summed E-state index contributed by atoms with van der Waals surface area (Å²) < 4.78 is 11.0. The Bertz CT molecular complexity index is 4160. The molecule has 1 saturated heterocycles. The van der Waals surface area contributed by atoms with Crippen LogP contribution in [-0.2, 0) is 113 Å². The number of aliphatic hydroxyl groups is 4. The van der Waals surface area contributed by atoms with E-state index in [2.05, 4.69) is 74.4 Å². The van der Waals surface area contributed by atoms with Gasteiger partial charge in [-0.05, 0) is 133 Å². The molecule has 3 rings (SSSR count).